The number of hydrogen-bond donors (Lipinski definition) is 0. The van der Waals surface area contributed by atoms with Crippen molar-refractivity contribution in [1.29, 1.82) is 0 Å². The van der Waals surface area contributed by atoms with Crippen molar-refractivity contribution in [2.75, 3.05) is 7.05 Å². The molecule has 1 amide bonds. The Morgan fingerprint density at radius 3 is 2.59 bits per heavy atom. The van der Waals surface area contributed by atoms with Gasteiger partial charge in [0.25, 0.3) is 5.91 Å². The first-order chi connectivity index (χ1) is 12.9. The first-order valence-electron chi connectivity index (χ1n) is 8.91. The lowest BCUT2D eigenvalue weighted by molar-refractivity contribution is 0.0777. The molecule has 142 valence electrons. The summed E-state index contributed by atoms with van der Waals surface area (Å²) in [6.45, 7) is 5.05. The molecule has 0 saturated heterocycles. The minimum atomic E-state index is -0.140. The maximum atomic E-state index is 12.5. The van der Waals surface area contributed by atoms with Crippen LogP contribution in [0.25, 0.3) is 0 Å². The molecule has 0 fully saturated rings. The van der Waals surface area contributed by atoms with Crippen LogP contribution in [-0.4, -0.2) is 37.4 Å². The van der Waals surface area contributed by atoms with E-state index in [0.29, 0.717) is 18.2 Å². The lowest BCUT2D eigenvalue weighted by atomic mass is 10.0. The quantitative estimate of drug-likeness (QED) is 0.644. The van der Waals surface area contributed by atoms with Crippen molar-refractivity contribution in [2.45, 2.75) is 33.0 Å². The van der Waals surface area contributed by atoms with Gasteiger partial charge in [0.2, 0.25) is 0 Å². The SMILES string of the molecule is CC(C)c1ccc(OCn2ccc(C(=O)N(C)Cc3cnn(C)c3)n2)cc1. The van der Waals surface area contributed by atoms with Gasteiger partial charge >= 0.3 is 0 Å². The highest BCUT2D eigenvalue weighted by Crippen LogP contribution is 2.18. The van der Waals surface area contributed by atoms with Gasteiger partial charge in [-0.3, -0.25) is 9.48 Å². The maximum Gasteiger partial charge on any atom is 0.274 e. The number of benzene rings is 1. The molecule has 27 heavy (non-hydrogen) atoms. The Bertz CT molecular complexity index is 895. The molecule has 0 unspecified atom stereocenters. The predicted molar refractivity (Wildman–Crippen MR) is 102 cm³/mol. The molecular formula is C20H25N5O2. The van der Waals surface area contributed by atoms with Gasteiger partial charge in [-0.2, -0.15) is 10.2 Å². The zero-order valence-corrected chi connectivity index (χ0v) is 16.2. The van der Waals surface area contributed by atoms with Crippen molar-refractivity contribution in [1.82, 2.24) is 24.5 Å². The molecule has 0 atom stereocenters. The largest absolute Gasteiger partial charge is 0.471 e. The maximum absolute atomic E-state index is 12.5. The van der Waals surface area contributed by atoms with Crippen molar-refractivity contribution in [3.8, 4) is 5.75 Å². The van der Waals surface area contributed by atoms with Crippen LogP contribution in [0.3, 0.4) is 0 Å². The third kappa shape index (κ3) is 4.75. The summed E-state index contributed by atoms with van der Waals surface area (Å²) in [5.74, 6) is 1.12. The van der Waals surface area contributed by atoms with Gasteiger partial charge in [0.1, 0.15) is 5.75 Å². The molecule has 1 aromatic carbocycles. The Hall–Kier alpha value is -3.09. The third-order valence-corrected chi connectivity index (χ3v) is 4.29. The molecule has 0 N–H and O–H groups in total. The second kappa shape index (κ2) is 8.07. The van der Waals surface area contributed by atoms with Crippen LogP contribution in [0.1, 0.15) is 41.4 Å². The predicted octanol–water partition coefficient (Wildman–Crippen LogP) is 3.05. The first kappa shape index (κ1) is 18.7. The molecule has 7 nitrogen and oxygen atoms in total. The van der Waals surface area contributed by atoms with Gasteiger partial charge in [-0.25, -0.2) is 4.68 Å². The van der Waals surface area contributed by atoms with Crippen LogP contribution in [0, 0.1) is 0 Å². The standard InChI is InChI=1S/C20H25N5O2/c1-15(2)17-5-7-18(8-6-17)27-14-25-10-9-19(22-25)20(26)23(3)12-16-11-21-24(4)13-16/h5-11,13,15H,12,14H2,1-4H3. The molecule has 7 heteroatoms. The van der Waals surface area contributed by atoms with Crippen LogP contribution in [0.15, 0.2) is 48.9 Å². The molecule has 0 bridgehead atoms. The van der Waals surface area contributed by atoms with Gasteiger partial charge in [0.15, 0.2) is 12.4 Å². The molecule has 3 aromatic rings. The highest BCUT2D eigenvalue weighted by molar-refractivity contribution is 5.91. The summed E-state index contributed by atoms with van der Waals surface area (Å²) in [6, 6.07) is 9.73. The Morgan fingerprint density at radius 2 is 1.96 bits per heavy atom. The lowest BCUT2D eigenvalue weighted by Gasteiger charge is -2.14. The molecule has 0 spiro atoms. The van der Waals surface area contributed by atoms with E-state index in [1.807, 2.05) is 25.4 Å². The fraction of sp³-hybridized carbons (Fsp3) is 0.350. The molecule has 0 aliphatic heterocycles. The van der Waals surface area contributed by atoms with Crippen molar-refractivity contribution in [3.05, 3.63) is 65.7 Å². The molecule has 0 aliphatic rings. The highest BCUT2D eigenvalue weighted by atomic mass is 16.5. The van der Waals surface area contributed by atoms with Crippen molar-refractivity contribution in [2.24, 2.45) is 7.05 Å². The Balaban J connectivity index is 1.56. The van der Waals surface area contributed by atoms with Gasteiger partial charge in [0.05, 0.1) is 6.20 Å². The lowest BCUT2D eigenvalue weighted by Crippen LogP contribution is -2.26. The molecule has 3 rings (SSSR count). The van der Waals surface area contributed by atoms with E-state index < -0.39 is 0 Å². The summed E-state index contributed by atoms with van der Waals surface area (Å²) in [4.78, 5) is 14.1. The summed E-state index contributed by atoms with van der Waals surface area (Å²) in [6.07, 6.45) is 5.38. The average Bonchev–Trinajstić information content (AvgIpc) is 3.28. The van der Waals surface area contributed by atoms with Gasteiger partial charge in [0, 0.05) is 38.6 Å². The summed E-state index contributed by atoms with van der Waals surface area (Å²) >= 11 is 0. The van der Waals surface area contributed by atoms with Crippen molar-refractivity contribution in [3.63, 3.8) is 0 Å². The molecule has 0 aliphatic carbocycles. The highest BCUT2D eigenvalue weighted by Gasteiger charge is 2.15. The number of carbonyl (C=O) groups excluding carboxylic acids is 1. The van der Waals surface area contributed by atoms with E-state index in [1.54, 1.807) is 39.8 Å². The summed E-state index contributed by atoms with van der Waals surface area (Å²) in [5.41, 5.74) is 2.63. The van der Waals surface area contributed by atoms with Gasteiger partial charge < -0.3 is 9.64 Å². The second-order valence-electron chi connectivity index (χ2n) is 6.92. The summed E-state index contributed by atoms with van der Waals surface area (Å²) in [7, 11) is 3.60. The first-order valence-corrected chi connectivity index (χ1v) is 8.91. The van der Waals surface area contributed by atoms with E-state index in [9.17, 15) is 4.79 Å². The Labute approximate surface area is 159 Å². The van der Waals surface area contributed by atoms with Crippen LogP contribution in [-0.2, 0) is 20.3 Å². The van der Waals surface area contributed by atoms with Gasteiger partial charge in [-0.15, -0.1) is 0 Å². The average molecular weight is 367 g/mol. The fourth-order valence-corrected chi connectivity index (χ4v) is 2.73. The van der Waals surface area contributed by atoms with Gasteiger partial charge in [-0.1, -0.05) is 26.0 Å². The molecule has 0 radical (unpaired) electrons. The number of amides is 1. The number of aryl methyl sites for hydroxylation is 1. The minimum Gasteiger partial charge on any atom is -0.471 e. The van der Waals surface area contributed by atoms with Crippen LogP contribution >= 0.6 is 0 Å². The van der Waals surface area contributed by atoms with E-state index in [4.69, 9.17) is 4.74 Å². The molecule has 2 heterocycles. The van der Waals surface area contributed by atoms with Crippen LogP contribution in [0.4, 0.5) is 0 Å². The Morgan fingerprint density at radius 1 is 1.22 bits per heavy atom. The van der Waals surface area contributed by atoms with Crippen molar-refractivity contribution >= 4 is 5.91 Å². The molecular weight excluding hydrogens is 342 g/mol. The smallest absolute Gasteiger partial charge is 0.274 e. The van der Waals surface area contributed by atoms with E-state index in [-0.39, 0.29) is 12.6 Å². The normalized spacial score (nSPS) is 11.0. The minimum absolute atomic E-state index is 0.140. The number of nitrogens with zero attached hydrogens (tertiary/aromatic N) is 5. The van der Waals surface area contributed by atoms with Crippen molar-refractivity contribution < 1.29 is 9.53 Å². The number of rotatable bonds is 7. The van der Waals surface area contributed by atoms with E-state index >= 15 is 0 Å². The van der Waals surface area contributed by atoms with E-state index in [2.05, 4.69) is 36.2 Å². The molecule has 2 aromatic heterocycles. The zero-order chi connectivity index (χ0) is 19.4. The topological polar surface area (TPSA) is 65.2 Å². The second-order valence-corrected chi connectivity index (χ2v) is 6.92. The van der Waals surface area contributed by atoms with E-state index in [0.717, 1.165) is 11.3 Å². The van der Waals surface area contributed by atoms with Gasteiger partial charge in [-0.05, 0) is 29.7 Å². The molecule has 0 saturated carbocycles. The third-order valence-electron chi connectivity index (χ3n) is 4.29. The number of aromatic nitrogens is 4. The number of hydrogen-bond acceptors (Lipinski definition) is 4. The fourth-order valence-electron chi connectivity index (χ4n) is 2.73. The van der Waals surface area contributed by atoms with E-state index in [1.165, 1.54) is 5.56 Å². The zero-order valence-electron chi connectivity index (χ0n) is 16.2. The number of carbonyl (C=O) groups is 1. The van der Waals surface area contributed by atoms with Crippen LogP contribution < -0.4 is 4.74 Å². The number of ether oxygens (including phenoxy) is 1. The Kier molecular flexibility index (Phi) is 5.59. The monoisotopic (exact) mass is 367 g/mol. The van der Waals surface area contributed by atoms with Crippen LogP contribution in [0.5, 0.6) is 5.75 Å². The summed E-state index contributed by atoms with van der Waals surface area (Å²) in [5, 5.41) is 8.43. The summed E-state index contributed by atoms with van der Waals surface area (Å²) < 4.78 is 9.07. The van der Waals surface area contributed by atoms with Crippen LogP contribution in [0.2, 0.25) is 0 Å².